The molecule has 0 atom stereocenters. The molecule has 0 aromatic carbocycles. The van der Waals surface area contributed by atoms with Crippen LogP contribution in [0.5, 0.6) is 0 Å². The number of carbonyl (C=O) groups excluding carboxylic acids is 1. The molecule has 6 heteroatoms. The third-order valence-electron chi connectivity index (χ3n) is 2.52. The molecular weight excluding hydrogens is 310 g/mol. The molecule has 1 amide bonds. The smallest absolute Gasteiger partial charge is 0.261 e. The number of hydrogen-bond donors (Lipinski definition) is 1. The van der Waals surface area contributed by atoms with Crippen molar-refractivity contribution >= 4 is 44.0 Å². The first-order valence-corrected chi connectivity index (χ1v) is 8.16. The van der Waals surface area contributed by atoms with E-state index < -0.39 is 10.8 Å². The Hall–Kier alpha value is -0.200. The number of nitrogens with one attached hydrogen (secondary N) is 1. The molecule has 1 N–H and O–H groups in total. The standard InChI is InChI=1S/C10H12BrNO2S2/c11-9-2-1-8(15-9)10(13)12-7-3-5-16(14)6-4-7/h1-2,7H,3-6H2,(H,12,13). The van der Waals surface area contributed by atoms with Gasteiger partial charge in [0.15, 0.2) is 0 Å². The second-order valence-electron chi connectivity index (χ2n) is 3.70. The molecule has 1 fully saturated rings. The Bertz CT molecular complexity index is 409. The fraction of sp³-hybridized carbons (Fsp3) is 0.500. The second-order valence-corrected chi connectivity index (χ2v) is 7.86. The molecule has 16 heavy (non-hydrogen) atoms. The quantitative estimate of drug-likeness (QED) is 0.907. The number of amides is 1. The van der Waals surface area contributed by atoms with Crippen molar-refractivity contribution in [2.75, 3.05) is 11.5 Å². The van der Waals surface area contributed by atoms with Gasteiger partial charge in [-0.1, -0.05) is 0 Å². The van der Waals surface area contributed by atoms with Crippen LogP contribution in [0.25, 0.3) is 0 Å². The number of hydrogen-bond acceptors (Lipinski definition) is 3. The molecule has 0 aliphatic carbocycles. The normalized spacial score (nSPS) is 25.3. The SMILES string of the molecule is O=C(NC1CCS(=O)CC1)c1ccc(Br)s1. The monoisotopic (exact) mass is 321 g/mol. The highest BCUT2D eigenvalue weighted by atomic mass is 79.9. The van der Waals surface area contributed by atoms with Crippen molar-refractivity contribution in [1.29, 1.82) is 0 Å². The van der Waals surface area contributed by atoms with Gasteiger partial charge in [0.25, 0.3) is 5.91 Å². The summed E-state index contributed by atoms with van der Waals surface area (Å²) in [7, 11) is -0.672. The minimum atomic E-state index is -0.672. The zero-order chi connectivity index (χ0) is 11.5. The van der Waals surface area contributed by atoms with E-state index in [1.807, 2.05) is 12.1 Å². The van der Waals surface area contributed by atoms with Crippen molar-refractivity contribution in [3.63, 3.8) is 0 Å². The first-order chi connectivity index (χ1) is 7.65. The molecule has 1 aliphatic rings. The van der Waals surface area contributed by atoms with E-state index >= 15 is 0 Å². The molecule has 1 aliphatic heterocycles. The molecule has 1 aromatic heterocycles. The number of halogens is 1. The second kappa shape index (κ2) is 5.42. The van der Waals surface area contributed by atoms with Gasteiger partial charge in [0.2, 0.25) is 0 Å². The fourth-order valence-electron chi connectivity index (χ4n) is 1.63. The maximum Gasteiger partial charge on any atom is 0.261 e. The van der Waals surface area contributed by atoms with Gasteiger partial charge in [-0.2, -0.15) is 0 Å². The van der Waals surface area contributed by atoms with Gasteiger partial charge in [0, 0.05) is 28.3 Å². The Morgan fingerprint density at radius 3 is 2.69 bits per heavy atom. The lowest BCUT2D eigenvalue weighted by molar-refractivity contribution is 0.0938. The van der Waals surface area contributed by atoms with E-state index in [2.05, 4.69) is 21.2 Å². The third-order valence-corrected chi connectivity index (χ3v) is 5.52. The van der Waals surface area contributed by atoms with Crippen molar-refractivity contribution in [1.82, 2.24) is 5.32 Å². The van der Waals surface area contributed by atoms with Crippen molar-refractivity contribution in [2.45, 2.75) is 18.9 Å². The van der Waals surface area contributed by atoms with Crippen LogP contribution in [0, 0.1) is 0 Å². The van der Waals surface area contributed by atoms with Crippen LogP contribution in [0.3, 0.4) is 0 Å². The first kappa shape index (κ1) is 12.3. The van der Waals surface area contributed by atoms with E-state index in [9.17, 15) is 9.00 Å². The minimum Gasteiger partial charge on any atom is -0.349 e. The molecule has 2 heterocycles. The van der Waals surface area contributed by atoms with Crippen molar-refractivity contribution < 1.29 is 9.00 Å². The zero-order valence-electron chi connectivity index (χ0n) is 8.57. The first-order valence-electron chi connectivity index (χ1n) is 5.06. The van der Waals surface area contributed by atoms with Gasteiger partial charge < -0.3 is 5.32 Å². The molecule has 0 radical (unpaired) electrons. The van der Waals surface area contributed by atoms with Gasteiger partial charge in [-0.15, -0.1) is 11.3 Å². The Kier molecular flexibility index (Phi) is 4.16. The van der Waals surface area contributed by atoms with Gasteiger partial charge in [0.05, 0.1) is 8.66 Å². The molecular formula is C10H12BrNO2S2. The third kappa shape index (κ3) is 3.15. The van der Waals surface area contributed by atoms with E-state index in [1.165, 1.54) is 11.3 Å². The number of rotatable bonds is 2. The van der Waals surface area contributed by atoms with Crippen LogP contribution in [-0.4, -0.2) is 27.7 Å². The Morgan fingerprint density at radius 1 is 1.44 bits per heavy atom. The number of thiophene rings is 1. The molecule has 1 saturated heterocycles. The summed E-state index contributed by atoms with van der Waals surface area (Å²) >= 11 is 4.76. The van der Waals surface area contributed by atoms with Gasteiger partial charge in [-0.05, 0) is 40.9 Å². The van der Waals surface area contributed by atoms with Crippen molar-refractivity contribution in [3.8, 4) is 0 Å². The lowest BCUT2D eigenvalue weighted by atomic mass is 10.1. The summed E-state index contributed by atoms with van der Waals surface area (Å²) in [5.74, 6) is 1.39. The van der Waals surface area contributed by atoms with Crippen LogP contribution in [0.15, 0.2) is 15.9 Å². The van der Waals surface area contributed by atoms with Gasteiger partial charge in [0.1, 0.15) is 0 Å². The molecule has 88 valence electrons. The molecule has 3 nitrogen and oxygen atoms in total. The fourth-order valence-corrected chi connectivity index (χ4v) is 4.22. The average molecular weight is 322 g/mol. The number of carbonyl (C=O) groups is 1. The summed E-state index contributed by atoms with van der Waals surface area (Å²) < 4.78 is 12.1. The average Bonchev–Trinajstić information content (AvgIpc) is 2.68. The lowest BCUT2D eigenvalue weighted by Crippen LogP contribution is -2.39. The predicted octanol–water partition coefficient (Wildman–Crippen LogP) is 2.15. The van der Waals surface area contributed by atoms with Crippen LogP contribution in [0.4, 0.5) is 0 Å². The minimum absolute atomic E-state index is 0.0200. The summed E-state index contributed by atoms with van der Waals surface area (Å²) in [5, 5.41) is 2.99. The van der Waals surface area contributed by atoms with Crippen molar-refractivity contribution in [3.05, 3.63) is 20.8 Å². The summed E-state index contributed by atoms with van der Waals surface area (Å²) in [4.78, 5) is 12.5. The van der Waals surface area contributed by atoms with Gasteiger partial charge >= 0.3 is 0 Å². The summed E-state index contributed by atoms with van der Waals surface area (Å²) in [6.45, 7) is 0. The van der Waals surface area contributed by atoms with E-state index in [0.29, 0.717) is 11.5 Å². The van der Waals surface area contributed by atoms with Crippen LogP contribution in [-0.2, 0) is 10.8 Å². The van der Waals surface area contributed by atoms with E-state index in [4.69, 9.17) is 0 Å². The largest absolute Gasteiger partial charge is 0.349 e. The van der Waals surface area contributed by atoms with Crippen LogP contribution >= 0.6 is 27.3 Å². The van der Waals surface area contributed by atoms with Crippen LogP contribution < -0.4 is 5.32 Å². The van der Waals surface area contributed by atoms with Gasteiger partial charge in [-0.25, -0.2) is 0 Å². The Morgan fingerprint density at radius 2 is 2.12 bits per heavy atom. The van der Waals surface area contributed by atoms with Gasteiger partial charge in [-0.3, -0.25) is 9.00 Å². The highest BCUT2D eigenvalue weighted by Crippen LogP contribution is 2.22. The molecule has 1 aromatic rings. The van der Waals surface area contributed by atoms with E-state index in [-0.39, 0.29) is 11.9 Å². The van der Waals surface area contributed by atoms with Crippen LogP contribution in [0.1, 0.15) is 22.5 Å². The van der Waals surface area contributed by atoms with Crippen molar-refractivity contribution in [2.24, 2.45) is 0 Å². The maximum atomic E-state index is 11.8. The van der Waals surface area contributed by atoms with E-state index in [1.54, 1.807) is 0 Å². The predicted molar refractivity (Wildman–Crippen MR) is 70.4 cm³/mol. The molecule has 0 saturated carbocycles. The molecule has 0 bridgehead atoms. The molecule has 0 unspecified atom stereocenters. The molecule has 2 rings (SSSR count). The lowest BCUT2D eigenvalue weighted by Gasteiger charge is -2.22. The topological polar surface area (TPSA) is 46.2 Å². The Balaban J connectivity index is 1.90. The summed E-state index contributed by atoms with van der Waals surface area (Å²) in [6.07, 6.45) is 1.65. The Labute approximate surface area is 109 Å². The summed E-state index contributed by atoms with van der Waals surface area (Å²) in [5.41, 5.74) is 0. The molecule has 0 spiro atoms. The van der Waals surface area contributed by atoms with Crippen LogP contribution in [0.2, 0.25) is 0 Å². The maximum absolute atomic E-state index is 11.8. The summed E-state index contributed by atoms with van der Waals surface area (Å²) in [6, 6.07) is 3.87. The highest BCUT2D eigenvalue weighted by Gasteiger charge is 2.20. The highest BCUT2D eigenvalue weighted by molar-refractivity contribution is 9.11. The van der Waals surface area contributed by atoms with E-state index in [0.717, 1.165) is 21.5 Å². The zero-order valence-corrected chi connectivity index (χ0v) is 11.8.